The lowest BCUT2D eigenvalue weighted by Crippen LogP contribution is -2.47. The van der Waals surface area contributed by atoms with Gasteiger partial charge in [0, 0.05) is 51.4 Å². The minimum atomic E-state index is 0.0895. The van der Waals surface area contributed by atoms with Gasteiger partial charge < -0.3 is 15.0 Å². The Morgan fingerprint density at radius 3 is 2.73 bits per heavy atom. The minimum absolute atomic E-state index is 0.0895. The van der Waals surface area contributed by atoms with E-state index in [-0.39, 0.29) is 18.0 Å². The van der Waals surface area contributed by atoms with Crippen LogP contribution in [-0.4, -0.2) is 111 Å². The molecule has 0 bridgehead atoms. The summed E-state index contributed by atoms with van der Waals surface area (Å²) in [6.45, 7) is 7.34. The maximum atomic E-state index is 13.1. The number of hydrogen-bond acceptors (Lipinski definition) is 8. The van der Waals surface area contributed by atoms with E-state index < -0.39 is 0 Å². The van der Waals surface area contributed by atoms with Crippen LogP contribution >= 0.6 is 0 Å². The first-order chi connectivity index (χ1) is 18.2. The SMILES string of the molecule is CN1CCC(N(OCCN2CCOCC2)C(=O)CCCCCCN=C(NC#N)NC2C=CN=CC2)CC1. The van der Waals surface area contributed by atoms with Gasteiger partial charge in [0.2, 0.25) is 11.9 Å². The predicted molar refractivity (Wildman–Crippen MR) is 144 cm³/mol. The molecule has 2 N–H and O–H groups in total. The number of amides is 1. The second-order valence-electron chi connectivity index (χ2n) is 9.83. The van der Waals surface area contributed by atoms with Crippen molar-refractivity contribution >= 4 is 18.1 Å². The maximum absolute atomic E-state index is 13.1. The van der Waals surface area contributed by atoms with Crippen molar-refractivity contribution in [2.45, 2.75) is 63.5 Å². The summed E-state index contributed by atoms with van der Waals surface area (Å²) in [5.74, 6) is 0.592. The highest BCUT2D eigenvalue weighted by atomic mass is 16.7. The number of nitrogens with one attached hydrogen (secondary N) is 2. The average Bonchev–Trinajstić information content (AvgIpc) is 2.92. The van der Waals surface area contributed by atoms with Crippen LogP contribution in [0.4, 0.5) is 0 Å². The molecule has 2 saturated heterocycles. The fraction of sp³-hybridized carbons (Fsp3) is 0.769. The largest absolute Gasteiger partial charge is 0.379 e. The van der Waals surface area contributed by atoms with E-state index in [2.05, 4.69) is 37.5 Å². The molecule has 11 heteroatoms. The van der Waals surface area contributed by atoms with Crippen LogP contribution in [0.2, 0.25) is 0 Å². The number of carbonyl (C=O) groups is 1. The minimum Gasteiger partial charge on any atom is -0.379 e. The molecule has 0 saturated carbocycles. The van der Waals surface area contributed by atoms with Crippen LogP contribution < -0.4 is 10.6 Å². The van der Waals surface area contributed by atoms with Gasteiger partial charge in [-0.1, -0.05) is 12.8 Å². The van der Waals surface area contributed by atoms with E-state index in [9.17, 15) is 4.79 Å². The Labute approximate surface area is 221 Å². The Morgan fingerprint density at radius 2 is 2.00 bits per heavy atom. The van der Waals surface area contributed by atoms with Gasteiger partial charge in [-0.3, -0.25) is 29.8 Å². The molecule has 0 aliphatic carbocycles. The lowest BCUT2D eigenvalue weighted by atomic mass is 10.0. The Hall–Kier alpha value is -2.52. The van der Waals surface area contributed by atoms with E-state index in [4.69, 9.17) is 14.8 Å². The summed E-state index contributed by atoms with van der Waals surface area (Å²) in [7, 11) is 2.13. The lowest BCUT2D eigenvalue weighted by molar-refractivity contribution is -0.206. The smallest absolute Gasteiger partial charge is 0.246 e. The van der Waals surface area contributed by atoms with Gasteiger partial charge in [-0.25, -0.2) is 5.06 Å². The summed E-state index contributed by atoms with van der Waals surface area (Å²) < 4.78 is 5.42. The third-order valence-electron chi connectivity index (χ3n) is 6.94. The van der Waals surface area contributed by atoms with Crippen molar-refractivity contribution in [3.63, 3.8) is 0 Å². The zero-order valence-corrected chi connectivity index (χ0v) is 22.3. The molecule has 37 heavy (non-hydrogen) atoms. The molecule has 0 aromatic carbocycles. The Bertz CT molecular complexity index is 798. The third kappa shape index (κ3) is 11.2. The van der Waals surface area contributed by atoms with Crippen molar-refractivity contribution in [2.75, 3.05) is 66.1 Å². The first-order valence-corrected chi connectivity index (χ1v) is 13.7. The van der Waals surface area contributed by atoms with Gasteiger partial charge in [-0.05, 0) is 51.9 Å². The van der Waals surface area contributed by atoms with Gasteiger partial charge in [0.15, 0.2) is 6.19 Å². The standard InChI is InChI=1S/C26H44N8O3/c1-32-14-9-24(10-15-32)34(37-21-18-33-16-19-36-20-17-33)25(35)6-4-2-3-5-11-29-26(30-22-27)31-23-7-12-28-13-8-23/h7,12-13,23-24H,2-6,8-11,14-21H2,1H3,(H2,29,30,31). The Morgan fingerprint density at radius 1 is 1.22 bits per heavy atom. The molecule has 1 atom stereocenters. The number of unbranched alkanes of at least 4 members (excludes halogenated alkanes) is 3. The molecule has 0 aromatic heterocycles. The second kappa shape index (κ2) is 17.1. The summed E-state index contributed by atoms with van der Waals surface area (Å²) in [4.78, 5) is 32.4. The highest BCUT2D eigenvalue weighted by Gasteiger charge is 2.28. The number of aliphatic imine (C=N–C) groups is 2. The number of hydroxylamine groups is 2. The maximum Gasteiger partial charge on any atom is 0.246 e. The van der Waals surface area contributed by atoms with Crippen molar-refractivity contribution in [1.29, 1.82) is 5.26 Å². The van der Waals surface area contributed by atoms with E-state index in [1.165, 1.54) is 0 Å². The normalized spacial score (nSPS) is 21.5. The number of piperidine rings is 1. The van der Waals surface area contributed by atoms with Crippen LogP contribution in [-0.2, 0) is 14.4 Å². The van der Waals surface area contributed by atoms with Gasteiger partial charge >= 0.3 is 0 Å². The Kier molecular flexibility index (Phi) is 13.4. The summed E-state index contributed by atoms with van der Waals surface area (Å²) >= 11 is 0. The molecule has 2 fully saturated rings. The van der Waals surface area contributed by atoms with Gasteiger partial charge in [0.1, 0.15) is 0 Å². The molecule has 3 heterocycles. The highest BCUT2D eigenvalue weighted by molar-refractivity contribution is 5.82. The number of rotatable bonds is 13. The number of ether oxygens (including phenoxy) is 1. The third-order valence-corrected chi connectivity index (χ3v) is 6.94. The summed E-state index contributed by atoms with van der Waals surface area (Å²) in [5, 5.41) is 16.5. The quantitative estimate of drug-likeness (QED) is 0.0944. The van der Waals surface area contributed by atoms with Gasteiger partial charge in [-0.2, -0.15) is 5.26 Å². The molecule has 0 spiro atoms. The first-order valence-electron chi connectivity index (χ1n) is 13.7. The number of guanidine groups is 1. The molecule has 1 unspecified atom stereocenters. The van der Waals surface area contributed by atoms with E-state index in [0.29, 0.717) is 25.5 Å². The number of nitrogens with zero attached hydrogens (tertiary/aromatic N) is 6. The average molecular weight is 517 g/mol. The topological polar surface area (TPSA) is 118 Å². The van der Waals surface area contributed by atoms with Crippen LogP contribution in [0, 0.1) is 11.5 Å². The highest BCUT2D eigenvalue weighted by Crippen LogP contribution is 2.18. The second-order valence-corrected chi connectivity index (χ2v) is 9.83. The number of carbonyl (C=O) groups excluding carboxylic acids is 1. The molecule has 206 valence electrons. The first kappa shape index (κ1) is 29.0. The van der Waals surface area contributed by atoms with E-state index in [1.54, 1.807) is 11.3 Å². The van der Waals surface area contributed by atoms with Crippen LogP contribution in [0.1, 0.15) is 51.4 Å². The van der Waals surface area contributed by atoms with Crippen LogP contribution in [0.5, 0.6) is 0 Å². The monoisotopic (exact) mass is 516 g/mol. The van der Waals surface area contributed by atoms with Crippen LogP contribution in [0.3, 0.4) is 0 Å². The van der Waals surface area contributed by atoms with E-state index >= 15 is 0 Å². The van der Waals surface area contributed by atoms with Crippen molar-refractivity contribution in [3.8, 4) is 6.19 Å². The fourth-order valence-electron chi connectivity index (χ4n) is 4.67. The van der Waals surface area contributed by atoms with Crippen molar-refractivity contribution in [3.05, 3.63) is 12.3 Å². The Balaban J connectivity index is 1.35. The number of nitriles is 1. The van der Waals surface area contributed by atoms with Crippen molar-refractivity contribution in [2.24, 2.45) is 9.98 Å². The molecular formula is C26H44N8O3. The van der Waals surface area contributed by atoms with Crippen molar-refractivity contribution in [1.82, 2.24) is 25.5 Å². The summed E-state index contributed by atoms with van der Waals surface area (Å²) in [5.41, 5.74) is 0. The zero-order chi connectivity index (χ0) is 26.1. The molecule has 0 radical (unpaired) electrons. The molecule has 11 nitrogen and oxygen atoms in total. The zero-order valence-electron chi connectivity index (χ0n) is 22.3. The van der Waals surface area contributed by atoms with Gasteiger partial charge in [0.05, 0.1) is 31.9 Å². The molecule has 3 aliphatic rings. The summed E-state index contributed by atoms with van der Waals surface area (Å²) in [6.07, 6.45) is 14.3. The van der Waals surface area contributed by atoms with Gasteiger partial charge in [-0.15, -0.1) is 0 Å². The van der Waals surface area contributed by atoms with Gasteiger partial charge in [0.25, 0.3) is 0 Å². The van der Waals surface area contributed by atoms with Crippen LogP contribution in [0.25, 0.3) is 0 Å². The van der Waals surface area contributed by atoms with Crippen LogP contribution in [0.15, 0.2) is 22.3 Å². The number of likely N-dealkylation sites (tertiary alicyclic amines) is 1. The number of hydrogen-bond donors (Lipinski definition) is 2. The molecule has 3 aliphatic heterocycles. The molecular weight excluding hydrogens is 472 g/mol. The molecule has 1 amide bonds. The predicted octanol–water partition coefficient (Wildman–Crippen LogP) is 1.50. The van der Waals surface area contributed by atoms with Crippen molar-refractivity contribution < 1.29 is 14.4 Å². The molecule has 3 rings (SSSR count). The fourth-order valence-corrected chi connectivity index (χ4v) is 4.67. The van der Waals surface area contributed by atoms with E-state index in [1.807, 2.05) is 18.5 Å². The molecule has 0 aromatic rings. The number of morpholine rings is 1. The summed E-state index contributed by atoms with van der Waals surface area (Å²) in [6, 6.07) is 0.248. The lowest BCUT2D eigenvalue weighted by Gasteiger charge is -2.37. The van der Waals surface area contributed by atoms with E-state index in [0.717, 1.165) is 90.9 Å².